The molecule has 1 rings (SSSR count). The van der Waals surface area contributed by atoms with Crippen molar-refractivity contribution in [2.24, 2.45) is 0 Å². The fourth-order valence-corrected chi connectivity index (χ4v) is 1.94. The first kappa shape index (κ1) is 15.3. The fraction of sp³-hybridized carbons (Fsp3) is 0.471. The molecule has 102 valence electrons. The van der Waals surface area contributed by atoms with Crippen molar-refractivity contribution in [3.63, 3.8) is 0 Å². The minimum atomic E-state index is -0.0643. The van der Waals surface area contributed by atoms with Crippen molar-refractivity contribution >= 4 is 5.78 Å². The van der Waals surface area contributed by atoms with E-state index in [-0.39, 0.29) is 11.7 Å². The summed E-state index contributed by atoms with van der Waals surface area (Å²) in [5.74, 6) is 7.30. The Kier molecular flexibility index (Phi) is 6.74. The van der Waals surface area contributed by atoms with Gasteiger partial charge in [0.2, 0.25) is 0 Å². The van der Waals surface area contributed by atoms with Gasteiger partial charge in [-0.15, -0.1) is 5.92 Å². The first-order valence-corrected chi connectivity index (χ1v) is 6.79. The molecular weight excluding hydrogens is 236 g/mol. The molecule has 0 saturated heterocycles. The largest absolute Gasteiger partial charge is 0.496 e. The molecule has 0 N–H and O–H groups in total. The van der Waals surface area contributed by atoms with Gasteiger partial charge in [-0.25, -0.2) is 0 Å². The fourth-order valence-electron chi connectivity index (χ4n) is 1.94. The van der Waals surface area contributed by atoms with Crippen molar-refractivity contribution in [1.82, 2.24) is 0 Å². The van der Waals surface area contributed by atoms with Gasteiger partial charge in [0.1, 0.15) is 11.5 Å². The number of unbranched alkanes of at least 4 members (excludes halogenated alkanes) is 2. The van der Waals surface area contributed by atoms with Crippen LogP contribution in [0.25, 0.3) is 0 Å². The van der Waals surface area contributed by atoms with Gasteiger partial charge in [0.15, 0.2) is 0 Å². The zero-order valence-corrected chi connectivity index (χ0v) is 12.0. The van der Waals surface area contributed by atoms with Crippen molar-refractivity contribution in [3.05, 3.63) is 29.8 Å². The number of carbonyl (C=O) groups is 1. The monoisotopic (exact) mass is 258 g/mol. The molecule has 0 fully saturated rings. The number of ketones is 1. The van der Waals surface area contributed by atoms with Gasteiger partial charge >= 0.3 is 0 Å². The Bertz CT molecular complexity index is 466. The lowest BCUT2D eigenvalue weighted by Gasteiger charge is -2.13. The molecule has 0 aliphatic heterocycles. The summed E-state index contributed by atoms with van der Waals surface area (Å²) >= 11 is 0. The third kappa shape index (κ3) is 5.18. The highest BCUT2D eigenvalue weighted by atomic mass is 16.5. The van der Waals surface area contributed by atoms with Gasteiger partial charge in [-0.2, -0.15) is 0 Å². The highest BCUT2D eigenvalue weighted by molar-refractivity contribution is 5.77. The van der Waals surface area contributed by atoms with Crippen molar-refractivity contribution < 1.29 is 9.53 Å². The summed E-state index contributed by atoms with van der Waals surface area (Å²) in [7, 11) is 1.65. The van der Waals surface area contributed by atoms with Gasteiger partial charge < -0.3 is 4.74 Å². The molecule has 0 radical (unpaired) electrons. The molecule has 0 spiro atoms. The lowest BCUT2D eigenvalue weighted by Crippen LogP contribution is -2.04. The van der Waals surface area contributed by atoms with E-state index >= 15 is 0 Å². The number of methoxy groups -OCH3 is 1. The van der Waals surface area contributed by atoms with E-state index in [0.29, 0.717) is 6.42 Å². The first-order chi connectivity index (χ1) is 9.19. The van der Waals surface area contributed by atoms with Crippen LogP contribution in [0, 0.1) is 11.8 Å². The lowest BCUT2D eigenvalue weighted by atomic mass is 9.93. The summed E-state index contributed by atoms with van der Waals surface area (Å²) in [6, 6.07) is 7.79. The number of hydrogen-bond acceptors (Lipinski definition) is 2. The molecule has 2 heteroatoms. The molecule has 0 aliphatic rings. The molecule has 2 nitrogen and oxygen atoms in total. The van der Waals surface area contributed by atoms with Crippen LogP contribution < -0.4 is 4.74 Å². The predicted molar refractivity (Wildman–Crippen MR) is 78.3 cm³/mol. The summed E-state index contributed by atoms with van der Waals surface area (Å²) in [6.07, 6.45) is 3.58. The highest BCUT2D eigenvalue weighted by Crippen LogP contribution is 2.28. The van der Waals surface area contributed by atoms with Gasteiger partial charge in [0.05, 0.1) is 13.0 Å². The van der Waals surface area contributed by atoms with E-state index in [2.05, 4.69) is 18.8 Å². The molecule has 0 amide bonds. The number of ether oxygens (including phenoxy) is 1. The van der Waals surface area contributed by atoms with Gasteiger partial charge in [-0.3, -0.25) is 4.79 Å². The number of benzene rings is 1. The van der Waals surface area contributed by atoms with Crippen LogP contribution in [0.3, 0.4) is 0 Å². The number of para-hydroxylation sites is 1. The van der Waals surface area contributed by atoms with E-state index in [9.17, 15) is 4.79 Å². The molecule has 19 heavy (non-hydrogen) atoms. The van der Waals surface area contributed by atoms with Crippen LogP contribution in [-0.4, -0.2) is 12.9 Å². The number of rotatable bonds is 6. The zero-order chi connectivity index (χ0) is 14.1. The number of hydrogen-bond donors (Lipinski definition) is 0. The van der Waals surface area contributed by atoms with Crippen LogP contribution in [0.15, 0.2) is 24.3 Å². The maximum atomic E-state index is 11.4. The Labute approximate surface area is 116 Å². The maximum Gasteiger partial charge on any atom is 0.131 e. The van der Waals surface area contributed by atoms with Crippen molar-refractivity contribution in [2.75, 3.05) is 7.11 Å². The number of carbonyl (C=O) groups excluding carboxylic acids is 1. The Hall–Kier alpha value is -1.75. The molecule has 0 aromatic heterocycles. The van der Waals surface area contributed by atoms with E-state index in [1.165, 1.54) is 0 Å². The highest BCUT2D eigenvalue weighted by Gasteiger charge is 2.15. The third-order valence-electron chi connectivity index (χ3n) is 2.94. The molecule has 1 atom stereocenters. The second-order valence-corrected chi connectivity index (χ2v) is 4.63. The Morgan fingerprint density at radius 1 is 1.37 bits per heavy atom. The van der Waals surface area contributed by atoms with Crippen LogP contribution in [0.4, 0.5) is 0 Å². The van der Waals surface area contributed by atoms with Crippen molar-refractivity contribution in [3.8, 4) is 17.6 Å². The summed E-state index contributed by atoms with van der Waals surface area (Å²) < 4.78 is 5.36. The average Bonchev–Trinajstić information content (AvgIpc) is 2.42. The third-order valence-corrected chi connectivity index (χ3v) is 2.94. The Morgan fingerprint density at radius 2 is 2.11 bits per heavy atom. The van der Waals surface area contributed by atoms with Crippen LogP contribution in [0.5, 0.6) is 5.75 Å². The summed E-state index contributed by atoms with van der Waals surface area (Å²) in [4.78, 5) is 11.4. The normalized spacial score (nSPS) is 11.3. The molecule has 0 aliphatic carbocycles. The standard InChI is InChI=1S/C17H22O2/c1-4-5-6-7-10-15(13-14(2)18)16-11-8-9-12-17(16)19-3/h8-9,11-12,15H,4-6,13H2,1-3H3. The smallest absolute Gasteiger partial charge is 0.131 e. The van der Waals surface area contributed by atoms with E-state index in [1.807, 2.05) is 24.3 Å². The van der Waals surface area contributed by atoms with Crippen molar-refractivity contribution in [2.45, 2.75) is 45.4 Å². The molecule has 0 bridgehead atoms. The molecule has 0 heterocycles. The topological polar surface area (TPSA) is 26.3 Å². The SMILES string of the molecule is CCCCC#CC(CC(C)=O)c1ccccc1OC. The van der Waals surface area contributed by atoms with Crippen molar-refractivity contribution in [1.29, 1.82) is 0 Å². The maximum absolute atomic E-state index is 11.4. The quantitative estimate of drug-likeness (QED) is 0.570. The minimum absolute atomic E-state index is 0.0643. The summed E-state index contributed by atoms with van der Waals surface area (Å²) in [5.41, 5.74) is 1.00. The molecule has 0 saturated carbocycles. The van der Waals surface area contributed by atoms with Gasteiger partial charge in [0, 0.05) is 18.4 Å². The zero-order valence-electron chi connectivity index (χ0n) is 12.0. The molecule has 1 unspecified atom stereocenters. The van der Waals surface area contributed by atoms with Crippen LogP contribution in [0.2, 0.25) is 0 Å². The average molecular weight is 258 g/mol. The van der Waals surface area contributed by atoms with E-state index in [0.717, 1.165) is 30.6 Å². The second kappa shape index (κ2) is 8.37. The lowest BCUT2D eigenvalue weighted by molar-refractivity contribution is -0.117. The Morgan fingerprint density at radius 3 is 2.74 bits per heavy atom. The van der Waals surface area contributed by atoms with E-state index in [4.69, 9.17) is 4.74 Å². The number of Topliss-reactive ketones (excluding diaryl/α,β-unsaturated/α-hetero) is 1. The van der Waals surface area contributed by atoms with E-state index < -0.39 is 0 Å². The van der Waals surface area contributed by atoms with Gasteiger partial charge in [-0.1, -0.05) is 37.5 Å². The molecular formula is C17H22O2. The van der Waals surface area contributed by atoms with Crippen LogP contribution in [0.1, 0.15) is 51.0 Å². The second-order valence-electron chi connectivity index (χ2n) is 4.63. The van der Waals surface area contributed by atoms with Gasteiger partial charge in [-0.05, 0) is 19.4 Å². The predicted octanol–water partition coefficient (Wildman–Crippen LogP) is 3.95. The van der Waals surface area contributed by atoms with Crippen LogP contribution in [-0.2, 0) is 4.79 Å². The molecule has 1 aromatic rings. The molecule has 1 aromatic carbocycles. The minimum Gasteiger partial charge on any atom is -0.496 e. The Balaban J connectivity index is 2.94. The summed E-state index contributed by atoms with van der Waals surface area (Å²) in [6.45, 7) is 3.76. The van der Waals surface area contributed by atoms with E-state index in [1.54, 1.807) is 14.0 Å². The first-order valence-electron chi connectivity index (χ1n) is 6.79. The van der Waals surface area contributed by atoms with Gasteiger partial charge in [0.25, 0.3) is 0 Å². The summed E-state index contributed by atoms with van der Waals surface area (Å²) in [5, 5.41) is 0. The van der Waals surface area contributed by atoms with Crippen LogP contribution >= 0.6 is 0 Å².